The van der Waals surface area contributed by atoms with Gasteiger partial charge in [0.05, 0.1) is 10.6 Å². The number of pyridine rings is 1. The van der Waals surface area contributed by atoms with E-state index in [9.17, 15) is 8.42 Å². The number of aromatic nitrogens is 1. The first-order chi connectivity index (χ1) is 9.36. The Morgan fingerprint density at radius 3 is 2.15 bits per heavy atom. The lowest BCUT2D eigenvalue weighted by molar-refractivity contribution is 0.602. The molecule has 1 atom stereocenters. The van der Waals surface area contributed by atoms with E-state index in [-0.39, 0.29) is 6.04 Å². The van der Waals surface area contributed by atoms with Crippen molar-refractivity contribution in [2.75, 3.05) is 6.26 Å². The fourth-order valence-corrected chi connectivity index (χ4v) is 3.03. The number of rotatable bonds is 4. The number of nitrogens with zero attached hydrogens (tertiary/aromatic N) is 1. The zero-order chi connectivity index (χ0) is 14.8. The summed E-state index contributed by atoms with van der Waals surface area (Å²) in [4.78, 5) is 6.57. The lowest BCUT2D eigenvalue weighted by atomic mass is 10.2. The monoisotopic (exact) mass is 308 g/mol. The molecule has 0 aliphatic rings. The highest BCUT2D eigenvalue weighted by atomic mass is 32.2. The van der Waals surface area contributed by atoms with Gasteiger partial charge in [0.25, 0.3) is 0 Å². The van der Waals surface area contributed by atoms with Crippen molar-refractivity contribution in [3.8, 4) is 0 Å². The van der Waals surface area contributed by atoms with E-state index in [1.807, 2.05) is 19.1 Å². The Hall–Kier alpha value is -1.37. The van der Waals surface area contributed by atoms with Crippen molar-refractivity contribution >= 4 is 21.6 Å². The maximum atomic E-state index is 11.4. The summed E-state index contributed by atoms with van der Waals surface area (Å²) in [5.41, 5.74) is 6.60. The Balaban J connectivity index is 2.14. The molecular formula is C14H16N2O2S2. The van der Waals surface area contributed by atoms with Gasteiger partial charge in [0, 0.05) is 28.3 Å². The molecule has 0 unspecified atom stereocenters. The highest BCUT2D eigenvalue weighted by Gasteiger charge is 2.07. The molecule has 0 saturated heterocycles. The van der Waals surface area contributed by atoms with Crippen molar-refractivity contribution < 1.29 is 8.42 Å². The van der Waals surface area contributed by atoms with E-state index in [1.165, 1.54) is 18.0 Å². The Morgan fingerprint density at radius 1 is 1.10 bits per heavy atom. The van der Waals surface area contributed by atoms with Crippen molar-refractivity contribution in [3.05, 3.63) is 48.3 Å². The van der Waals surface area contributed by atoms with Crippen LogP contribution in [0.2, 0.25) is 0 Å². The number of hydrogen-bond donors (Lipinski definition) is 1. The van der Waals surface area contributed by atoms with E-state index in [0.717, 1.165) is 15.5 Å². The van der Waals surface area contributed by atoms with Crippen molar-refractivity contribution in [2.24, 2.45) is 5.73 Å². The maximum absolute atomic E-state index is 11.4. The number of hydrogen-bond acceptors (Lipinski definition) is 5. The van der Waals surface area contributed by atoms with Gasteiger partial charge < -0.3 is 5.73 Å². The highest BCUT2D eigenvalue weighted by Crippen LogP contribution is 2.28. The van der Waals surface area contributed by atoms with Crippen LogP contribution in [0.4, 0.5) is 0 Å². The molecule has 0 fully saturated rings. The average molecular weight is 308 g/mol. The van der Waals surface area contributed by atoms with Crippen LogP contribution >= 0.6 is 11.8 Å². The SMILES string of the molecule is C[C@H](N)c1ccc(Sc2ccc(S(C)(=O)=O)cc2)cn1. The summed E-state index contributed by atoms with van der Waals surface area (Å²) < 4.78 is 22.8. The van der Waals surface area contributed by atoms with Crippen LogP contribution in [-0.4, -0.2) is 19.7 Å². The second kappa shape index (κ2) is 5.95. The summed E-state index contributed by atoms with van der Waals surface area (Å²) in [5.74, 6) is 0. The third-order valence-electron chi connectivity index (χ3n) is 2.71. The average Bonchev–Trinajstić information content (AvgIpc) is 2.39. The molecule has 0 saturated carbocycles. The van der Waals surface area contributed by atoms with Gasteiger partial charge in [0.15, 0.2) is 9.84 Å². The molecule has 0 bridgehead atoms. The van der Waals surface area contributed by atoms with Gasteiger partial charge in [0.2, 0.25) is 0 Å². The van der Waals surface area contributed by atoms with Crippen LogP contribution in [0, 0.1) is 0 Å². The second-order valence-electron chi connectivity index (χ2n) is 4.55. The first-order valence-corrected chi connectivity index (χ1v) is 8.76. The number of nitrogens with two attached hydrogens (primary N) is 1. The van der Waals surface area contributed by atoms with Crippen molar-refractivity contribution in [2.45, 2.75) is 27.7 Å². The quantitative estimate of drug-likeness (QED) is 0.940. The molecule has 2 N–H and O–H groups in total. The fourth-order valence-electron chi connectivity index (χ4n) is 1.61. The molecule has 0 amide bonds. The smallest absolute Gasteiger partial charge is 0.175 e. The topological polar surface area (TPSA) is 73.1 Å². The first kappa shape index (κ1) is 15.0. The second-order valence-corrected chi connectivity index (χ2v) is 7.72. The zero-order valence-electron chi connectivity index (χ0n) is 11.3. The van der Waals surface area contributed by atoms with Gasteiger partial charge in [-0.25, -0.2) is 8.42 Å². The van der Waals surface area contributed by atoms with Gasteiger partial charge in [-0.05, 0) is 43.3 Å². The van der Waals surface area contributed by atoms with Crippen LogP contribution in [0.5, 0.6) is 0 Å². The van der Waals surface area contributed by atoms with Crippen molar-refractivity contribution in [3.63, 3.8) is 0 Å². The first-order valence-electron chi connectivity index (χ1n) is 6.06. The number of sulfone groups is 1. The lowest BCUT2D eigenvalue weighted by Crippen LogP contribution is -2.06. The van der Waals surface area contributed by atoms with Gasteiger partial charge in [0.1, 0.15) is 0 Å². The third kappa shape index (κ3) is 3.82. The minimum atomic E-state index is -3.14. The largest absolute Gasteiger partial charge is 0.323 e. The number of benzene rings is 1. The minimum absolute atomic E-state index is 0.0805. The molecule has 1 aromatic heterocycles. The van der Waals surface area contributed by atoms with Crippen LogP contribution in [0.15, 0.2) is 57.3 Å². The molecule has 0 radical (unpaired) electrons. The summed E-state index contributed by atoms with van der Waals surface area (Å²) >= 11 is 1.53. The van der Waals surface area contributed by atoms with Gasteiger partial charge in [-0.3, -0.25) is 4.98 Å². The van der Waals surface area contributed by atoms with Gasteiger partial charge in [-0.15, -0.1) is 0 Å². The summed E-state index contributed by atoms with van der Waals surface area (Å²) in [6.45, 7) is 1.89. The van der Waals surface area contributed by atoms with Crippen LogP contribution in [0.25, 0.3) is 0 Å². The van der Waals surface area contributed by atoms with Gasteiger partial charge in [-0.2, -0.15) is 0 Å². The normalized spacial score (nSPS) is 13.2. The zero-order valence-corrected chi connectivity index (χ0v) is 12.9. The van der Waals surface area contributed by atoms with E-state index in [0.29, 0.717) is 4.90 Å². The van der Waals surface area contributed by atoms with Crippen LogP contribution in [0.1, 0.15) is 18.7 Å². The van der Waals surface area contributed by atoms with E-state index in [4.69, 9.17) is 5.73 Å². The molecule has 1 heterocycles. The predicted octanol–water partition coefficient (Wildman–Crippen LogP) is 2.66. The minimum Gasteiger partial charge on any atom is -0.323 e. The Bertz CT molecular complexity index is 678. The Morgan fingerprint density at radius 2 is 1.70 bits per heavy atom. The van der Waals surface area contributed by atoms with Crippen molar-refractivity contribution in [1.82, 2.24) is 4.98 Å². The van der Waals surface area contributed by atoms with Gasteiger partial charge in [-0.1, -0.05) is 11.8 Å². The lowest BCUT2D eigenvalue weighted by Gasteiger charge is -2.06. The van der Waals surface area contributed by atoms with Crippen molar-refractivity contribution in [1.29, 1.82) is 0 Å². The Labute approximate surface area is 123 Å². The van der Waals surface area contributed by atoms with Crippen LogP contribution in [-0.2, 0) is 9.84 Å². The molecule has 0 aliphatic heterocycles. The van der Waals surface area contributed by atoms with Gasteiger partial charge >= 0.3 is 0 Å². The fraction of sp³-hybridized carbons (Fsp3) is 0.214. The van der Waals surface area contributed by atoms with Crippen LogP contribution in [0.3, 0.4) is 0 Å². The molecule has 6 heteroatoms. The summed E-state index contributed by atoms with van der Waals surface area (Å²) in [6.07, 6.45) is 2.97. The highest BCUT2D eigenvalue weighted by molar-refractivity contribution is 7.99. The van der Waals surface area contributed by atoms with E-state index in [1.54, 1.807) is 30.5 Å². The third-order valence-corrected chi connectivity index (χ3v) is 4.83. The molecule has 0 spiro atoms. The molecule has 1 aromatic carbocycles. The summed E-state index contributed by atoms with van der Waals surface area (Å²) in [7, 11) is -3.14. The van der Waals surface area contributed by atoms with Crippen LogP contribution < -0.4 is 5.73 Å². The van der Waals surface area contributed by atoms with E-state index < -0.39 is 9.84 Å². The molecule has 2 aromatic rings. The summed E-state index contributed by atoms with van der Waals surface area (Å²) in [5, 5.41) is 0. The molecular weight excluding hydrogens is 292 g/mol. The molecule has 106 valence electrons. The molecule has 2 rings (SSSR count). The van der Waals surface area contributed by atoms with E-state index >= 15 is 0 Å². The standard InChI is InChI=1S/C14H16N2O2S2/c1-10(15)14-8-5-12(9-16-14)19-11-3-6-13(7-4-11)20(2,17)18/h3-10H,15H2,1-2H3/t10-/m0/s1. The molecule has 20 heavy (non-hydrogen) atoms. The maximum Gasteiger partial charge on any atom is 0.175 e. The summed E-state index contributed by atoms with van der Waals surface area (Å²) in [6, 6.07) is 10.6. The molecule has 0 aliphatic carbocycles. The molecule has 4 nitrogen and oxygen atoms in total. The van der Waals surface area contributed by atoms with E-state index in [2.05, 4.69) is 4.98 Å². The Kier molecular flexibility index (Phi) is 4.47. The predicted molar refractivity (Wildman–Crippen MR) is 80.5 cm³/mol.